The summed E-state index contributed by atoms with van der Waals surface area (Å²) in [6.45, 7) is 6.09. The van der Waals surface area contributed by atoms with Crippen molar-refractivity contribution in [1.82, 2.24) is 26.6 Å². The normalized spacial score (nSPS) is 14.5. The number of rotatable bonds is 34. The molecule has 0 saturated heterocycles. The van der Waals surface area contributed by atoms with Crippen LogP contribution in [-0.4, -0.2) is 165 Å². The first-order chi connectivity index (χ1) is 21.7. The van der Waals surface area contributed by atoms with Crippen LogP contribution in [-0.2, 0) is 22.1 Å². The topological polar surface area (TPSA) is 187 Å². The van der Waals surface area contributed by atoms with E-state index in [2.05, 4.69) is 33.1 Å². The first-order valence-corrected chi connectivity index (χ1v) is 24.6. The van der Waals surface area contributed by atoms with E-state index in [1.807, 2.05) is 35.2 Å². The lowest BCUT2D eigenvalue weighted by Gasteiger charge is -2.36. The fourth-order valence-electron chi connectivity index (χ4n) is 4.19. The molecule has 0 aromatic rings. The van der Waals surface area contributed by atoms with Crippen LogP contribution in [0.5, 0.6) is 0 Å². The van der Waals surface area contributed by atoms with Crippen molar-refractivity contribution in [2.24, 2.45) is 0 Å². The summed E-state index contributed by atoms with van der Waals surface area (Å²) in [7, 11) is -0.750. The molecule has 0 spiro atoms. The molecule has 0 bridgehead atoms. The number of nitrogens with one attached hydrogen (secondary N) is 5. The molecular formula is C26H64N5O9Si5. The predicted molar refractivity (Wildman–Crippen MR) is 187 cm³/mol. The van der Waals surface area contributed by atoms with Crippen molar-refractivity contribution < 1.29 is 41.3 Å². The highest BCUT2D eigenvalue weighted by Crippen LogP contribution is 2.20. The third-order valence-electron chi connectivity index (χ3n) is 6.71. The van der Waals surface area contributed by atoms with Gasteiger partial charge in [0.25, 0.3) is 0 Å². The summed E-state index contributed by atoms with van der Waals surface area (Å²) >= 11 is 0. The quantitative estimate of drug-likeness (QED) is 0.0283. The molecule has 0 amide bonds. The van der Waals surface area contributed by atoms with Gasteiger partial charge in [-0.05, 0) is 137 Å². The van der Waals surface area contributed by atoms with Crippen molar-refractivity contribution in [2.45, 2.75) is 87.2 Å². The molecule has 45 heavy (non-hydrogen) atoms. The average molecular weight is 731 g/mol. The highest BCUT2D eigenvalue weighted by molar-refractivity contribution is 6.50. The zero-order valence-electron chi connectivity index (χ0n) is 28.6. The molecule has 0 aliphatic carbocycles. The maximum Gasteiger partial charge on any atom is 0.382 e. The Morgan fingerprint density at radius 2 is 0.800 bits per heavy atom. The minimum Gasteiger partial charge on any atom is -0.414 e. The van der Waals surface area contributed by atoms with Crippen LogP contribution in [0.4, 0.5) is 0 Å². The van der Waals surface area contributed by atoms with E-state index in [1.165, 1.54) is 0 Å². The van der Waals surface area contributed by atoms with Crippen molar-refractivity contribution in [3.05, 3.63) is 0 Å². The predicted octanol–water partition coefficient (Wildman–Crippen LogP) is -1.23. The number of hydrogen-bond donors (Lipinski definition) is 9. The number of hydrogen-bond acceptors (Lipinski definition) is 14. The van der Waals surface area contributed by atoms with Gasteiger partial charge in [0.1, 0.15) is 6.10 Å². The molecule has 0 heterocycles. The van der Waals surface area contributed by atoms with Gasteiger partial charge < -0.3 is 67.9 Å². The second-order valence-electron chi connectivity index (χ2n) is 10.8. The van der Waals surface area contributed by atoms with Crippen molar-refractivity contribution in [2.75, 3.05) is 81.2 Å². The third-order valence-corrected chi connectivity index (χ3v) is 13.7. The van der Waals surface area contributed by atoms with Gasteiger partial charge in [-0.2, -0.15) is 0 Å². The SMILES string of the molecule is CNCCC[Si](C)OCC(O[Si](O)CCCNC)C(O[Si](O)CCCNC)C(CO[Si](O)CCCNC)O[Si](O)CCCNC. The molecule has 0 aliphatic rings. The van der Waals surface area contributed by atoms with E-state index in [9.17, 15) is 19.2 Å². The molecule has 0 saturated carbocycles. The lowest BCUT2D eigenvalue weighted by molar-refractivity contribution is -0.0734. The zero-order valence-corrected chi connectivity index (χ0v) is 33.6. The van der Waals surface area contributed by atoms with Gasteiger partial charge in [0.2, 0.25) is 9.04 Å². The summed E-state index contributed by atoms with van der Waals surface area (Å²) in [5.74, 6) is 0. The minimum absolute atomic E-state index is 0.0410. The Kier molecular flexibility index (Phi) is 32.1. The molecule has 0 aliphatic heterocycles. The lowest BCUT2D eigenvalue weighted by Crippen LogP contribution is -2.53. The fraction of sp³-hybridized carbons (Fsp3) is 1.00. The molecule has 14 nitrogen and oxygen atoms in total. The highest BCUT2D eigenvalue weighted by atomic mass is 28.3. The van der Waals surface area contributed by atoms with Crippen molar-refractivity contribution >= 4 is 46.2 Å². The molecule has 3 atom stereocenters. The Labute approximate surface area is 281 Å². The first-order valence-electron chi connectivity index (χ1n) is 16.2. The van der Waals surface area contributed by atoms with Crippen molar-refractivity contribution in [3.8, 4) is 0 Å². The first kappa shape index (κ1) is 45.5. The zero-order chi connectivity index (χ0) is 33.7. The van der Waals surface area contributed by atoms with E-state index in [-0.39, 0.29) is 13.2 Å². The molecule has 0 rings (SSSR count). The maximum atomic E-state index is 11.1. The molecule has 3 unspecified atom stereocenters. The molecule has 0 aromatic heterocycles. The Morgan fingerprint density at radius 1 is 0.467 bits per heavy atom. The van der Waals surface area contributed by atoms with E-state index in [4.69, 9.17) is 22.1 Å². The average Bonchev–Trinajstić information content (AvgIpc) is 3.01. The van der Waals surface area contributed by atoms with E-state index >= 15 is 0 Å². The van der Waals surface area contributed by atoms with Gasteiger partial charge in [-0.15, -0.1) is 0 Å². The van der Waals surface area contributed by atoms with Crippen LogP contribution in [0.15, 0.2) is 0 Å². The van der Waals surface area contributed by atoms with Crippen LogP contribution >= 0.6 is 0 Å². The highest BCUT2D eigenvalue weighted by Gasteiger charge is 2.39. The summed E-state index contributed by atoms with van der Waals surface area (Å²) in [4.78, 5) is 43.7. The van der Waals surface area contributed by atoms with Crippen molar-refractivity contribution in [3.63, 3.8) is 0 Å². The van der Waals surface area contributed by atoms with E-state index in [0.717, 1.165) is 70.9 Å². The van der Waals surface area contributed by atoms with Crippen LogP contribution in [0.1, 0.15) is 32.1 Å². The standard InChI is InChI=1S/C26H64N5O9Si5/c1-27-12-7-17-41(6)36-22-24(38-43(33)19-9-14-29-3)26(40-45(35)21-11-16-31-5)25(39-44(34)20-10-15-30-4)23-37-42(32)18-8-13-28-2/h24-35H,7-23H2,1-6H3. The van der Waals surface area contributed by atoms with Crippen molar-refractivity contribution in [1.29, 1.82) is 0 Å². The second kappa shape index (κ2) is 31.8. The van der Waals surface area contributed by atoms with E-state index < -0.39 is 64.5 Å². The van der Waals surface area contributed by atoms with Crippen LogP contribution in [0.2, 0.25) is 36.8 Å². The molecule has 5 radical (unpaired) electrons. The second-order valence-corrected chi connectivity index (χ2v) is 19.2. The van der Waals surface area contributed by atoms with Crippen LogP contribution in [0, 0.1) is 0 Å². The van der Waals surface area contributed by atoms with Crippen LogP contribution in [0.25, 0.3) is 0 Å². The summed E-state index contributed by atoms with van der Waals surface area (Å²) < 4.78 is 31.2. The monoisotopic (exact) mass is 730 g/mol. The molecule has 0 aromatic carbocycles. The van der Waals surface area contributed by atoms with Gasteiger partial charge in [0, 0.05) is 0 Å². The summed E-state index contributed by atoms with van der Waals surface area (Å²) in [6, 6.07) is 2.89. The lowest BCUT2D eigenvalue weighted by atomic mass is 10.1. The van der Waals surface area contributed by atoms with Gasteiger partial charge in [-0.25, -0.2) is 0 Å². The van der Waals surface area contributed by atoms with Gasteiger partial charge in [0.05, 0.1) is 25.4 Å². The Hall–Kier alpha value is 0.524. The van der Waals surface area contributed by atoms with Gasteiger partial charge in [0.15, 0.2) is 0 Å². The Morgan fingerprint density at radius 3 is 1.20 bits per heavy atom. The smallest absolute Gasteiger partial charge is 0.382 e. The van der Waals surface area contributed by atoms with E-state index in [0.29, 0.717) is 24.2 Å². The Balaban J connectivity index is 6.20. The minimum atomic E-state index is -2.31. The third kappa shape index (κ3) is 26.1. The largest absolute Gasteiger partial charge is 0.414 e. The Bertz CT molecular complexity index is 610. The molecule has 267 valence electrons. The molecule has 19 heteroatoms. The molecule has 9 N–H and O–H groups in total. The summed E-state index contributed by atoms with van der Waals surface area (Å²) in [5, 5.41) is 15.5. The van der Waals surface area contributed by atoms with Crippen LogP contribution in [0.3, 0.4) is 0 Å². The van der Waals surface area contributed by atoms with Crippen LogP contribution < -0.4 is 26.6 Å². The molecule has 0 fully saturated rings. The summed E-state index contributed by atoms with van der Waals surface area (Å²) in [5.41, 5.74) is 0. The fourth-order valence-corrected chi connectivity index (χ4v) is 9.95. The van der Waals surface area contributed by atoms with Gasteiger partial charge >= 0.3 is 37.1 Å². The maximum absolute atomic E-state index is 11.1. The summed E-state index contributed by atoms with van der Waals surface area (Å²) in [6.07, 6.45) is 1.45. The van der Waals surface area contributed by atoms with E-state index in [1.54, 1.807) is 0 Å². The van der Waals surface area contributed by atoms with Gasteiger partial charge in [-0.1, -0.05) is 0 Å². The molecular weight excluding hydrogens is 667 g/mol. The van der Waals surface area contributed by atoms with Gasteiger partial charge in [-0.3, -0.25) is 0 Å².